The first-order valence-electron chi connectivity index (χ1n) is 11.0. The molecule has 3 aliphatic heterocycles. The van der Waals surface area contributed by atoms with Crippen molar-refractivity contribution in [1.82, 2.24) is 10.2 Å². The summed E-state index contributed by atoms with van der Waals surface area (Å²) >= 11 is 0. The fourth-order valence-corrected chi connectivity index (χ4v) is 5.55. The molecule has 1 spiro atoms. The van der Waals surface area contributed by atoms with Gasteiger partial charge in [0.25, 0.3) is 0 Å². The van der Waals surface area contributed by atoms with E-state index in [4.69, 9.17) is 4.74 Å². The number of halogens is 1. The van der Waals surface area contributed by atoms with E-state index in [1.54, 1.807) is 6.07 Å². The summed E-state index contributed by atoms with van der Waals surface area (Å²) in [6, 6.07) is 7.53. The van der Waals surface area contributed by atoms with Gasteiger partial charge in [0.05, 0.1) is 11.8 Å². The third-order valence-corrected chi connectivity index (χ3v) is 6.99. The van der Waals surface area contributed by atoms with Crippen molar-refractivity contribution in [3.63, 3.8) is 0 Å². The number of hydrogen-bond donors (Lipinski definition) is 4. The highest BCUT2D eigenvalue weighted by molar-refractivity contribution is 6.15. The first kappa shape index (κ1) is 22.3. The zero-order valence-corrected chi connectivity index (χ0v) is 18.4. The summed E-state index contributed by atoms with van der Waals surface area (Å²) in [5.74, 6) is -4.49. The van der Waals surface area contributed by atoms with Crippen molar-refractivity contribution in [2.45, 2.75) is 24.4 Å². The number of nitrogens with zero attached hydrogens (tertiary/aromatic N) is 1. The Labute approximate surface area is 194 Å². The summed E-state index contributed by atoms with van der Waals surface area (Å²) in [5, 5.41) is 25.5. The zero-order chi connectivity index (χ0) is 24.2. The number of carbonyl (C=O) groups is 3. The number of imide groups is 1. The standard InChI is InChI=1S/C24H24FN3O6/c1-34-8-2-7-28-21(31)19-16(9-12-3-6-17(29)18(30)10-12)27-24(20(19)22(28)32)14-11-13(25)4-5-15(14)26-23(24)33/h3-6,10-11,16,19-20,27,29-30H,2,7-9H2,1H3,(H,26,33)/t16?,19-,20+,24?/m1/s1. The van der Waals surface area contributed by atoms with E-state index >= 15 is 0 Å². The van der Waals surface area contributed by atoms with Crippen LogP contribution in [0.25, 0.3) is 0 Å². The second-order valence-electron chi connectivity index (χ2n) is 8.91. The number of fused-ring (bicyclic) bond motifs is 4. The van der Waals surface area contributed by atoms with Crippen molar-refractivity contribution >= 4 is 23.4 Å². The minimum Gasteiger partial charge on any atom is -0.504 e. The Bertz CT molecular complexity index is 1200. The van der Waals surface area contributed by atoms with Crippen LogP contribution in [0.5, 0.6) is 11.5 Å². The molecule has 0 aromatic heterocycles. The maximum atomic E-state index is 14.3. The lowest BCUT2D eigenvalue weighted by atomic mass is 9.76. The third kappa shape index (κ3) is 3.17. The molecule has 0 saturated carbocycles. The van der Waals surface area contributed by atoms with E-state index in [1.807, 2.05) is 0 Å². The molecule has 0 bridgehead atoms. The number of carbonyl (C=O) groups excluding carboxylic acids is 3. The van der Waals surface area contributed by atoms with Crippen LogP contribution in [0.4, 0.5) is 10.1 Å². The number of phenolic OH excluding ortho intramolecular Hbond substituents is 2. The highest BCUT2D eigenvalue weighted by atomic mass is 19.1. The number of amides is 3. The average molecular weight is 469 g/mol. The molecule has 2 saturated heterocycles. The molecule has 2 aromatic carbocycles. The van der Waals surface area contributed by atoms with Crippen molar-refractivity contribution in [3.8, 4) is 11.5 Å². The fourth-order valence-electron chi connectivity index (χ4n) is 5.55. The van der Waals surface area contributed by atoms with Gasteiger partial charge in [0.15, 0.2) is 11.5 Å². The van der Waals surface area contributed by atoms with E-state index in [-0.39, 0.29) is 24.5 Å². The average Bonchev–Trinajstić information content (AvgIpc) is 3.37. The van der Waals surface area contributed by atoms with Crippen molar-refractivity contribution in [2.24, 2.45) is 11.8 Å². The quantitative estimate of drug-likeness (QED) is 0.285. The number of methoxy groups -OCH3 is 1. The van der Waals surface area contributed by atoms with Gasteiger partial charge in [-0.05, 0) is 48.7 Å². The van der Waals surface area contributed by atoms with Crippen LogP contribution in [0.15, 0.2) is 36.4 Å². The Morgan fingerprint density at radius 3 is 2.62 bits per heavy atom. The Morgan fingerprint density at radius 2 is 1.88 bits per heavy atom. The van der Waals surface area contributed by atoms with Gasteiger partial charge in [-0.1, -0.05) is 6.07 Å². The summed E-state index contributed by atoms with van der Waals surface area (Å²) in [6.45, 7) is 0.513. The van der Waals surface area contributed by atoms with Crippen LogP contribution < -0.4 is 10.6 Å². The summed E-state index contributed by atoms with van der Waals surface area (Å²) < 4.78 is 19.3. The van der Waals surface area contributed by atoms with Crippen molar-refractivity contribution in [2.75, 3.05) is 25.6 Å². The molecule has 4 N–H and O–H groups in total. The molecule has 2 unspecified atom stereocenters. The summed E-state index contributed by atoms with van der Waals surface area (Å²) in [4.78, 5) is 41.6. The smallest absolute Gasteiger partial charge is 0.250 e. The maximum absolute atomic E-state index is 14.3. The Hall–Kier alpha value is -3.50. The predicted octanol–water partition coefficient (Wildman–Crippen LogP) is 1.24. The molecule has 9 nitrogen and oxygen atoms in total. The van der Waals surface area contributed by atoms with Crippen LogP contribution in [-0.2, 0) is 31.1 Å². The molecule has 34 heavy (non-hydrogen) atoms. The van der Waals surface area contributed by atoms with E-state index in [9.17, 15) is 29.0 Å². The number of hydrogen-bond acceptors (Lipinski definition) is 7. The molecule has 4 atom stereocenters. The molecule has 3 heterocycles. The van der Waals surface area contributed by atoms with Gasteiger partial charge >= 0.3 is 0 Å². The molecular formula is C24H24FN3O6. The molecule has 3 amide bonds. The molecule has 3 aliphatic rings. The summed E-state index contributed by atoms with van der Waals surface area (Å²) in [7, 11) is 1.53. The second-order valence-corrected chi connectivity index (χ2v) is 8.91. The SMILES string of the molecule is COCCCN1C(=O)[C@@H]2C(Cc3ccc(O)c(O)c3)NC3(C(=O)Nc4ccc(F)cc43)[C@@H]2C1=O. The molecular weight excluding hydrogens is 445 g/mol. The van der Waals surface area contributed by atoms with E-state index < -0.39 is 47.0 Å². The number of ether oxygens (including phenoxy) is 1. The van der Waals surface area contributed by atoms with Crippen LogP contribution in [-0.4, -0.2) is 59.1 Å². The zero-order valence-electron chi connectivity index (χ0n) is 18.4. The third-order valence-electron chi connectivity index (χ3n) is 6.99. The van der Waals surface area contributed by atoms with E-state index in [1.165, 1.54) is 42.3 Å². The topological polar surface area (TPSA) is 128 Å². The van der Waals surface area contributed by atoms with Gasteiger partial charge in [0.1, 0.15) is 11.4 Å². The molecule has 2 fully saturated rings. The minimum atomic E-state index is -1.60. The first-order chi connectivity index (χ1) is 16.3. The van der Waals surface area contributed by atoms with Crippen LogP contribution in [0.2, 0.25) is 0 Å². The predicted molar refractivity (Wildman–Crippen MR) is 117 cm³/mol. The lowest BCUT2D eigenvalue weighted by Gasteiger charge is -2.29. The van der Waals surface area contributed by atoms with Crippen molar-refractivity contribution in [1.29, 1.82) is 0 Å². The highest BCUT2D eigenvalue weighted by Crippen LogP contribution is 2.53. The van der Waals surface area contributed by atoms with Crippen LogP contribution in [0, 0.1) is 17.7 Å². The minimum absolute atomic E-state index is 0.152. The second kappa shape index (κ2) is 8.07. The Morgan fingerprint density at radius 1 is 1.09 bits per heavy atom. The van der Waals surface area contributed by atoms with Gasteiger partial charge in [-0.15, -0.1) is 0 Å². The Balaban J connectivity index is 1.58. The summed E-state index contributed by atoms with van der Waals surface area (Å²) in [6.07, 6.45) is 0.640. The van der Waals surface area contributed by atoms with Gasteiger partial charge in [0, 0.05) is 37.6 Å². The number of nitrogens with one attached hydrogen (secondary N) is 2. The normalized spacial score (nSPS) is 27.4. The fraction of sp³-hybridized carbons (Fsp3) is 0.375. The van der Waals surface area contributed by atoms with E-state index in [0.29, 0.717) is 29.8 Å². The van der Waals surface area contributed by atoms with Crippen LogP contribution in [0.1, 0.15) is 17.5 Å². The van der Waals surface area contributed by atoms with Gasteiger partial charge in [-0.2, -0.15) is 0 Å². The maximum Gasteiger partial charge on any atom is 0.250 e. The number of rotatable bonds is 6. The molecule has 5 rings (SSSR count). The Kier molecular flexibility index (Phi) is 5.29. The van der Waals surface area contributed by atoms with Gasteiger partial charge in [-0.25, -0.2) is 4.39 Å². The van der Waals surface area contributed by atoms with Crippen LogP contribution in [0.3, 0.4) is 0 Å². The lowest BCUT2D eigenvalue weighted by Crippen LogP contribution is -2.53. The van der Waals surface area contributed by atoms with Gasteiger partial charge < -0.3 is 20.3 Å². The van der Waals surface area contributed by atoms with Gasteiger partial charge in [-0.3, -0.25) is 24.6 Å². The van der Waals surface area contributed by atoms with Crippen molar-refractivity contribution in [3.05, 3.63) is 53.3 Å². The number of benzene rings is 2. The number of aromatic hydroxyl groups is 2. The number of phenols is 2. The van der Waals surface area contributed by atoms with Crippen molar-refractivity contribution < 1.29 is 33.7 Å². The van der Waals surface area contributed by atoms with E-state index in [0.717, 1.165) is 0 Å². The molecule has 0 aliphatic carbocycles. The molecule has 178 valence electrons. The molecule has 2 aromatic rings. The summed E-state index contributed by atoms with van der Waals surface area (Å²) in [5.41, 5.74) is -0.323. The number of anilines is 1. The lowest BCUT2D eigenvalue weighted by molar-refractivity contribution is -0.143. The van der Waals surface area contributed by atoms with E-state index in [2.05, 4.69) is 10.6 Å². The molecule has 0 radical (unpaired) electrons. The largest absolute Gasteiger partial charge is 0.504 e. The van der Waals surface area contributed by atoms with Crippen LogP contribution >= 0.6 is 0 Å². The van der Waals surface area contributed by atoms with Gasteiger partial charge in [0.2, 0.25) is 17.7 Å². The first-order valence-corrected chi connectivity index (χ1v) is 11.0. The number of likely N-dealkylation sites (tertiary alicyclic amines) is 1. The highest BCUT2D eigenvalue weighted by Gasteiger charge is 2.70. The monoisotopic (exact) mass is 469 g/mol. The molecule has 10 heteroatoms.